The number of aryl methyl sites for hydroxylation is 1. The third kappa shape index (κ3) is 2.51. The Morgan fingerprint density at radius 1 is 1.30 bits per heavy atom. The van der Waals surface area contributed by atoms with Gasteiger partial charge in [0.1, 0.15) is 11.4 Å². The highest BCUT2D eigenvalue weighted by molar-refractivity contribution is 5.97. The standard InChI is InChI=1S/C21H22N4O2/c1-27-18-11-17(23-16-6-3-2-5-15(16)18)20(26)25-10-4-8-21(13-25)9-7-14-12-22-24-19(14)21/h2-3,5-6,11-12H,4,7-10,13H2,1H3,(H,22,24). The smallest absolute Gasteiger partial charge is 0.272 e. The fourth-order valence-electron chi connectivity index (χ4n) is 4.76. The molecule has 1 fully saturated rings. The normalized spacial score (nSPS) is 21.6. The van der Waals surface area contributed by atoms with Crippen molar-refractivity contribution >= 4 is 16.8 Å². The molecule has 1 atom stereocenters. The van der Waals surface area contributed by atoms with E-state index in [0.29, 0.717) is 11.4 Å². The monoisotopic (exact) mass is 362 g/mol. The number of likely N-dealkylation sites (tertiary alicyclic amines) is 1. The topological polar surface area (TPSA) is 71.1 Å². The van der Waals surface area contributed by atoms with Crippen LogP contribution in [0.4, 0.5) is 0 Å². The summed E-state index contributed by atoms with van der Waals surface area (Å²) in [5, 5.41) is 8.34. The quantitative estimate of drug-likeness (QED) is 0.760. The third-order valence-corrected chi connectivity index (χ3v) is 6.10. The van der Waals surface area contributed by atoms with Crippen molar-refractivity contribution < 1.29 is 9.53 Å². The van der Waals surface area contributed by atoms with Gasteiger partial charge in [-0.3, -0.25) is 9.89 Å². The Labute approximate surface area is 157 Å². The number of aromatic nitrogens is 3. The summed E-state index contributed by atoms with van der Waals surface area (Å²) < 4.78 is 5.51. The Balaban J connectivity index is 1.49. The van der Waals surface area contributed by atoms with Crippen molar-refractivity contribution in [2.75, 3.05) is 20.2 Å². The van der Waals surface area contributed by atoms with Gasteiger partial charge in [-0.25, -0.2) is 4.98 Å². The molecule has 27 heavy (non-hydrogen) atoms. The number of H-pyrrole nitrogens is 1. The van der Waals surface area contributed by atoms with Crippen molar-refractivity contribution in [1.82, 2.24) is 20.1 Å². The summed E-state index contributed by atoms with van der Waals surface area (Å²) in [6.07, 6.45) is 6.14. The largest absolute Gasteiger partial charge is 0.496 e. The molecule has 0 radical (unpaired) electrons. The summed E-state index contributed by atoms with van der Waals surface area (Å²) in [5.74, 6) is 0.665. The van der Waals surface area contributed by atoms with Gasteiger partial charge in [0, 0.05) is 35.7 Å². The number of rotatable bonds is 2. The molecule has 1 spiro atoms. The maximum Gasteiger partial charge on any atom is 0.272 e. The number of carbonyl (C=O) groups is 1. The molecule has 0 saturated carbocycles. The van der Waals surface area contributed by atoms with E-state index in [1.165, 1.54) is 11.3 Å². The van der Waals surface area contributed by atoms with Crippen molar-refractivity contribution in [2.45, 2.75) is 31.1 Å². The number of carbonyl (C=O) groups excluding carboxylic acids is 1. The summed E-state index contributed by atoms with van der Waals surface area (Å²) in [6.45, 7) is 1.48. The fraction of sp³-hybridized carbons (Fsp3) is 0.381. The van der Waals surface area contributed by atoms with Gasteiger partial charge in [0.25, 0.3) is 5.91 Å². The number of amides is 1. The molecule has 2 aliphatic rings. The first-order valence-corrected chi connectivity index (χ1v) is 9.46. The first-order chi connectivity index (χ1) is 13.2. The van der Waals surface area contributed by atoms with Crippen LogP contribution in [0.5, 0.6) is 5.75 Å². The number of pyridine rings is 1. The lowest BCUT2D eigenvalue weighted by atomic mass is 9.77. The van der Waals surface area contributed by atoms with Gasteiger partial charge in [0.2, 0.25) is 0 Å². The van der Waals surface area contributed by atoms with E-state index < -0.39 is 0 Å². The molecule has 2 aromatic heterocycles. The van der Waals surface area contributed by atoms with Crippen LogP contribution in [0.1, 0.15) is 41.0 Å². The van der Waals surface area contributed by atoms with Crippen LogP contribution in [0.2, 0.25) is 0 Å². The number of nitrogens with one attached hydrogen (secondary N) is 1. The van der Waals surface area contributed by atoms with Crippen molar-refractivity contribution in [3.8, 4) is 5.75 Å². The highest BCUT2D eigenvalue weighted by atomic mass is 16.5. The van der Waals surface area contributed by atoms with E-state index in [0.717, 1.165) is 49.7 Å². The van der Waals surface area contributed by atoms with E-state index in [4.69, 9.17) is 4.74 Å². The third-order valence-electron chi connectivity index (χ3n) is 6.10. The molecular formula is C21H22N4O2. The van der Waals surface area contributed by atoms with Crippen LogP contribution in [-0.4, -0.2) is 46.2 Å². The number of methoxy groups -OCH3 is 1. The second-order valence-corrected chi connectivity index (χ2v) is 7.61. The molecule has 6 heteroatoms. The number of hydrogen-bond acceptors (Lipinski definition) is 4. The van der Waals surface area contributed by atoms with Gasteiger partial charge in [0.05, 0.1) is 18.8 Å². The molecule has 1 aromatic carbocycles. The van der Waals surface area contributed by atoms with Crippen LogP contribution in [0.3, 0.4) is 0 Å². The van der Waals surface area contributed by atoms with Crippen molar-refractivity contribution in [1.29, 1.82) is 0 Å². The fourth-order valence-corrected chi connectivity index (χ4v) is 4.76. The van der Waals surface area contributed by atoms with Gasteiger partial charge < -0.3 is 9.64 Å². The molecule has 6 nitrogen and oxygen atoms in total. The maximum atomic E-state index is 13.3. The van der Waals surface area contributed by atoms with Crippen LogP contribution in [0.25, 0.3) is 10.9 Å². The highest BCUT2D eigenvalue weighted by Gasteiger charge is 2.44. The number of para-hydroxylation sites is 1. The lowest BCUT2D eigenvalue weighted by Gasteiger charge is -2.40. The molecule has 1 N–H and O–H groups in total. The predicted octanol–water partition coefficient (Wildman–Crippen LogP) is 3.09. The first kappa shape index (κ1) is 16.3. The van der Waals surface area contributed by atoms with E-state index in [9.17, 15) is 4.79 Å². The van der Waals surface area contributed by atoms with Crippen molar-refractivity contribution in [3.63, 3.8) is 0 Å². The molecule has 138 valence electrons. The van der Waals surface area contributed by atoms with E-state index >= 15 is 0 Å². The van der Waals surface area contributed by atoms with Gasteiger partial charge in [-0.1, -0.05) is 12.1 Å². The summed E-state index contributed by atoms with van der Waals surface area (Å²) in [4.78, 5) is 19.9. The number of ether oxygens (including phenoxy) is 1. The lowest BCUT2D eigenvalue weighted by molar-refractivity contribution is 0.0627. The van der Waals surface area contributed by atoms with Gasteiger partial charge >= 0.3 is 0 Å². The number of nitrogens with zero attached hydrogens (tertiary/aromatic N) is 3. The molecule has 3 heterocycles. The zero-order chi connectivity index (χ0) is 18.4. The summed E-state index contributed by atoms with van der Waals surface area (Å²) >= 11 is 0. The predicted molar refractivity (Wildman–Crippen MR) is 102 cm³/mol. The molecule has 1 saturated heterocycles. The SMILES string of the molecule is COc1cc(C(=O)N2CCCC3(CCc4cn[nH]c43)C2)nc2ccccc12. The molecule has 1 unspecified atom stereocenters. The minimum absolute atomic E-state index is 0.0146. The maximum absolute atomic E-state index is 13.3. The number of fused-ring (bicyclic) bond motifs is 3. The van der Waals surface area contributed by atoms with Gasteiger partial charge in [-0.15, -0.1) is 0 Å². The molecule has 5 rings (SSSR count). The minimum atomic E-state index is -0.0221. The second-order valence-electron chi connectivity index (χ2n) is 7.61. The molecule has 1 aliphatic carbocycles. The number of piperidine rings is 1. The average molecular weight is 362 g/mol. The van der Waals surface area contributed by atoms with E-state index in [1.54, 1.807) is 13.2 Å². The Hall–Kier alpha value is -2.89. The minimum Gasteiger partial charge on any atom is -0.496 e. The molecular weight excluding hydrogens is 340 g/mol. The van der Waals surface area contributed by atoms with Crippen LogP contribution < -0.4 is 4.74 Å². The Morgan fingerprint density at radius 2 is 2.19 bits per heavy atom. The highest BCUT2D eigenvalue weighted by Crippen LogP contribution is 2.44. The van der Waals surface area contributed by atoms with Gasteiger partial charge in [-0.2, -0.15) is 5.10 Å². The average Bonchev–Trinajstić information content (AvgIpc) is 3.31. The van der Waals surface area contributed by atoms with Crippen LogP contribution in [-0.2, 0) is 11.8 Å². The van der Waals surface area contributed by atoms with E-state index in [1.807, 2.05) is 35.4 Å². The van der Waals surface area contributed by atoms with Crippen molar-refractivity contribution in [2.24, 2.45) is 0 Å². The van der Waals surface area contributed by atoms with Crippen molar-refractivity contribution in [3.05, 3.63) is 53.5 Å². The first-order valence-electron chi connectivity index (χ1n) is 9.46. The summed E-state index contributed by atoms with van der Waals surface area (Å²) in [5.41, 5.74) is 3.77. The molecule has 1 amide bonds. The molecule has 3 aromatic rings. The van der Waals surface area contributed by atoms with Crippen LogP contribution in [0.15, 0.2) is 36.5 Å². The summed E-state index contributed by atoms with van der Waals surface area (Å²) in [7, 11) is 1.63. The van der Waals surface area contributed by atoms with E-state index in [2.05, 4.69) is 15.2 Å². The number of benzene rings is 1. The Kier molecular flexibility index (Phi) is 3.67. The van der Waals surface area contributed by atoms with Gasteiger partial charge in [0.15, 0.2) is 0 Å². The van der Waals surface area contributed by atoms with Gasteiger partial charge in [-0.05, 0) is 43.4 Å². The summed E-state index contributed by atoms with van der Waals surface area (Å²) in [6, 6.07) is 9.52. The molecule has 0 bridgehead atoms. The van der Waals surface area contributed by atoms with E-state index in [-0.39, 0.29) is 11.3 Å². The zero-order valence-corrected chi connectivity index (χ0v) is 15.4. The Bertz CT molecular complexity index is 1030. The molecule has 1 aliphatic heterocycles. The van der Waals surface area contributed by atoms with Crippen LogP contribution in [0, 0.1) is 0 Å². The zero-order valence-electron chi connectivity index (χ0n) is 15.4. The lowest BCUT2D eigenvalue weighted by Crippen LogP contribution is -2.48. The van der Waals surface area contributed by atoms with Crippen LogP contribution >= 0.6 is 0 Å². The number of aromatic amines is 1. The number of hydrogen-bond donors (Lipinski definition) is 1. The Morgan fingerprint density at radius 3 is 3.07 bits per heavy atom. The second kappa shape index (κ2) is 6.08.